The van der Waals surface area contributed by atoms with Gasteiger partial charge in [-0.15, -0.1) is 0 Å². The van der Waals surface area contributed by atoms with E-state index in [0.717, 1.165) is 5.56 Å². The Morgan fingerprint density at radius 2 is 1.78 bits per heavy atom. The average Bonchev–Trinajstić information content (AvgIpc) is 2.52. The Kier molecular flexibility index (Phi) is 4.70. The van der Waals surface area contributed by atoms with Crippen molar-refractivity contribution >= 4 is 17.3 Å². The number of amides is 1. The number of carbonyl (C=O) groups excluding carboxylic acids is 1. The molecule has 0 aliphatic rings. The van der Waals surface area contributed by atoms with Crippen LogP contribution in [-0.2, 0) is 0 Å². The minimum absolute atomic E-state index is 0.0367. The summed E-state index contributed by atoms with van der Waals surface area (Å²) >= 11 is 0. The summed E-state index contributed by atoms with van der Waals surface area (Å²) in [7, 11) is 0. The van der Waals surface area contributed by atoms with Crippen molar-refractivity contribution in [2.24, 2.45) is 5.10 Å². The molecule has 2 N–H and O–H groups in total. The normalized spacial score (nSPS) is 11.1. The number of aryl methyl sites for hydroxylation is 1. The van der Waals surface area contributed by atoms with Gasteiger partial charge in [-0.3, -0.25) is 14.9 Å². The van der Waals surface area contributed by atoms with Crippen LogP contribution in [0, 0.1) is 17.0 Å². The van der Waals surface area contributed by atoms with Gasteiger partial charge in [0, 0.05) is 17.2 Å². The Morgan fingerprint density at radius 3 is 2.35 bits per heavy atom. The number of rotatable bonds is 4. The molecule has 0 spiro atoms. The quantitative estimate of drug-likeness (QED) is 0.514. The minimum atomic E-state index is -0.496. The molecule has 0 unspecified atom stereocenters. The number of nitro groups is 1. The highest BCUT2D eigenvalue weighted by Crippen LogP contribution is 2.18. The van der Waals surface area contributed by atoms with Gasteiger partial charge in [-0.2, -0.15) is 5.10 Å². The van der Waals surface area contributed by atoms with E-state index < -0.39 is 10.8 Å². The Balaban J connectivity index is 2.12. The molecular formula is C16H15N3O4. The van der Waals surface area contributed by atoms with Gasteiger partial charge in [-0.25, -0.2) is 5.43 Å². The summed E-state index contributed by atoms with van der Waals surface area (Å²) < 4.78 is 0. The maximum atomic E-state index is 12.0. The third-order valence-electron chi connectivity index (χ3n) is 3.27. The fourth-order valence-electron chi connectivity index (χ4n) is 1.97. The minimum Gasteiger partial charge on any atom is -0.508 e. The molecule has 1 amide bonds. The second kappa shape index (κ2) is 6.69. The highest BCUT2D eigenvalue weighted by atomic mass is 16.6. The summed E-state index contributed by atoms with van der Waals surface area (Å²) in [4.78, 5) is 22.3. The zero-order chi connectivity index (χ0) is 17.0. The number of nitrogens with one attached hydrogen (secondary N) is 1. The van der Waals surface area contributed by atoms with Crippen LogP contribution >= 0.6 is 0 Å². The molecule has 0 bridgehead atoms. The lowest BCUT2D eigenvalue weighted by molar-refractivity contribution is -0.385. The van der Waals surface area contributed by atoms with E-state index in [4.69, 9.17) is 0 Å². The van der Waals surface area contributed by atoms with E-state index in [1.807, 2.05) is 0 Å². The number of aromatic hydroxyl groups is 1. The number of hydrogen-bond donors (Lipinski definition) is 2. The number of nitrogens with zero attached hydrogens (tertiary/aromatic N) is 2. The molecule has 0 aromatic heterocycles. The van der Waals surface area contributed by atoms with Crippen LogP contribution in [-0.4, -0.2) is 21.6 Å². The van der Waals surface area contributed by atoms with Crippen molar-refractivity contribution in [1.29, 1.82) is 0 Å². The van der Waals surface area contributed by atoms with Gasteiger partial charge in [0.2, 0.25) is 0 Å². The molecule has 0 saturated carbocycles. The van der Waals surface area contributed by atoms with Crippen LogP contribution in [0.5, 0.6) is 5.75 Å². The Bertz CT molecular complexity index is 782. The molecule has 0 radical (unpaired) electrons. The van der Waals surface area contributed by atoms with Crippen molar-refractivity contribution in [2.45, 2.75) is 13.8 Å². The molecule has 0 fully saturated rings. The van der Waals surface area contributed by atoms with Gasteiger partial charge < -0.3 is 5.11 Å². The fraction of sp³-hybridized carbons (Fsp3) is 0.125. The van der Waals surface area contributed by atoms with Crippen molar-refractivity contribution in [1.82, 2.24) is 5.43 Å². The first kappa shape index (κ1) is 16.2. The molecule has 23 heavy (non-hydrogen) atoms. The van der Waals surface area contributed by atoms with Crippen LogP contribution in [0.15, 0.2) is 47.6 Å². The first-order valence-corrected chi connectivity index (χ1v) is 6.77. The standard InChI is InChI=1S/C16H15N3O4/c1-10-9-13(5-8-15(10)19(22)23)16(21)18-17-11(2)12-3-6-14(20)7-4-12/h3-9,20H,1-2H3,(H,18,21)/b17-11+. The van der Waals surface area contributed by atoms with Crippen LogP contribution in [0.3, 0.4) is 0 Å². The number of phenolic OH excluding ortho intramolecular Hbond substituents is 1. The van der Waals surface area contributed by atoms with E-state index in [2.05, 4.69) is 10.5 Å². The van der Waals surface area contributed by atoms with Gasteiger partial charge in [0.1, 0.15) is 5.75 Å². The third kappa shape index (κ3) is 3.91. The number of benzene rings is 2. The van der Waals surface area contributed by atoms with E-state index in [9.17, 15) is 20.0 Å². The molecule has 0 heterocycles. The summed E-state index contributed by atoms with van der Waals surface area (Å²) in [5.41, 5.74) is 4.38. The fourth-order valence-corrected chi connectivity index (χ4v) is 1.97. The Labute approximate surface area is 132 Å². The predicted molar refractivity (Wildman–Crippen MR) is 85.6 cm³/mol. The summed E-state index contributed by atoms with van der Waals surface area (Å²) in [5.74, 6) is -0.312. The molecule has 7 nitrogen and oxygen atoms in total. The maximum Gasteiger partial charge on any atom is 0.272 e. The van der Waals surface area contributed by atoms with Crippen LogP contribution in [0.25, 0.3) is 0 Å². The van der Waals surface area contributed by atoms with Gasteiger partial charge in [0.15, 0.2) is 0 Å². The first-order valence-electron chi connectivity index (χ1n) is 6.77. The highest BCUT2D eigenvalue weighted by Gasteiger charge is 2.13. The van der Waals surface area contributed by atoms with E-state index in [0.29, 0.717) is 11.3 Å². The number of nitro benzene ring substituents is 1. The third-order valence-corrected chi connectivity index (χ3v) is 3.27. The molecule has 0 aliphatic heterocycles. The lowest BCUT2D eigenvalue weighted by atomic mass is 10.1. The second-order valence-electron chi connectivity index (χ2n) is 4.94. The molecule has 0 atom stereocenters. The van der Waals surface area contributed by atoms with Gasteiger partial charge in [-0.1, -0.05) is 0 Å². The number of hydrazone groups is 1. The number of hydrogen-bond acceptors (Lipinski definition) is 5. The van der Waals surface area contributed by atoms with Crippen molar-refractivity contribution in [2.75, 3.05) is 0 Å². The molecule has 118 valence electrons. The van der Waals surface area contributed by atoms with Crippen LogP contribution in [0.2, 0.25) is 0 Å². The summed E-state index contributed by atoms with van der Waals surface area (Å²) in [6.07, 6.45) is 0. The highest BCUT2D eigenvalue weighted by molar-refractivity contribution is 6.01. The van der Waals surface area contributed by atoms with Gasteiger partial charge >= 0.3 is 0 Å². The molecule has 2 rings (SSSR count). The van der Waals surface area contributed by atoms with E-state index >= 15 is 0 Å². The SMILES string of the molecule is C/C(=N\NC(=O)c1ccc([N+](=O)[O-])c(C)c1)c1ccc(O)cc1. The van der Waals surface area contributed by atoms with Crippen molar-refractivity contribution in [3.05, 3.63) is 69.3 Å². The maximum absolute atomic E-state index is 12.0. The number of carbonyl (C=O) groups is 1. The topological polar surface area (TPSA) is 105 Å². The smallest absolute Gasteiger partial charge is 0.272 e. The summed E-state index contributed by atoms with van der Waals surface area (Å²) in [6.45, 7) is 3.29. The average molecular weight is 313 g/mol. The monoisotopic (exact) mass is 313 g/mol. The van der Waals surface area contributed by atoms with Crippen LogP contribution in [0.1, 0.15) is 28.4 Å². The molecule has 0 saturated heterocycles. The lowest BCUT2D eigenvalue weighted by Gasteiger charge is -2.04. The van der Waals surface area contributed by atoms with Gasteiger partial charge in [0.05, 0.1) is 10.6 Å². The predicted octanol–water partition coefficient (Wildman–Crippen LogP) is 2.76. The summed E-state index contributed by atoms with van der Waals surface area (Å²) in [5, 5.41) is 24.0. The van der Waals surface area contributed by atoms with Gasteiger partial charge in [-0.05, 0) is 55.8 Å². The molecule has 2 aromatic rings. The van der Waals surface area contributed by atoms with Gasteiger partial charge in [0.25, 0.3) is 11.6 Å². The Hall–Kier alpha value is -3.22. The van der Waals surface area contributed by atoms with Crippen molar-refractivity contribution in [3.8, 4) is 5.75 Å². The lowest BCUT2D eigenvalue weighted by Crippen LogP contribution is -2.19. The largest absolute Gasteiger partial charge is 0.508 e. The zero-order valence-electron chi connectivity index (χ0n) is 12.6. The van der Waals surface area contributed by atoms with E-state index in [-0.39, 0.29) is 17.0 Å². The van der Waals surface area contributed by atoms with Crippen LogP contribution in [0.4, 0.5) is 5.69 Å². The van der Waals surface area contributed by atoms with E-state index in [1.165, 1.54) is 30.3 Å². The molecular weight excluding hydrogens is 298 g/mol. The van der Waals surface area contributed by atoms with Crippen molar-refractivity contribution in [3.63, 3.8) is 0 Å². The Morgan fingerprint density at radius 1 is 1.17 bits per heavy atom. The van der Waals surface area contributed by atoms with E-state index in [1.54, 1.807) is 26.0 Å². The molecule has 0 aliphatic carbocycles. The molecule has 2 aromatic carbocycles. The summed E-state index contributed by atoms with van der Waals surface area (Å²) in [6, 6.07) is 10.5. The second-order valence-corrected chi connectivity index (χ2v) is 4.94. The number of phenols is 1. The zero-order valence-corrected chi connectivity index (χ0v) is 12.6. The van der Waals surface area contributed by atoms with Crippen molar-refractivity contribution < 1.29 is 14.8 Å². The first-order chi connectivity index (χ1) is 10.9. The molecule has 7 heteroatoms. The van der Waals surface area contributed by atoms with Crippen LogP contribution < -0.4 is 5.43 Å².